The van der Waals surface area contributed by atoms with Gasteiger partial charge in [-0.25, -0.2) is 0 Å². The molecule has 1 aliphatic heterocycles. The van der Waals surface area contributed by atoms with Crippen molar-refractivity contribution in [3.8, 4) is 5.75 Å². The summed E-state index contributed by atoms with van der Waals surface area (Å²) in [7, 11) is 1.45. The lowest BCUT2D eigenvalue weighted by atomic mass is 10.1. The Bertz CT molecular complexity index is 907. The van der Waals surface area contributed by atoms with E-state index in [-0.39, 0.29) is 23.4 Å². The molecule has 8 nitrogen and oxygen atoms in total. The molecule has 29 heavy (non-hydrogen) atoms. The highest BCUT2D eigenvalue weighted by molar-refractivity contribution is 9.10. The fourth-order valence-electron chi connectivity index (χ4n) is 3.24. The number of anilines is 1. The Labute approximate surface area is 177 Å². The molecule has 1 fully saturated rings. The first-order chi connectivity index (χ1) is 13.9. The van der Waals surface area contributed by atoms with Gasteiger partial charge in [0.1, 0.15) is 5.75 Å². The molecule has 0 radical (unpaired) electrons. The number of hydrogen-bond donors (Lipinski definition) is 1. The normalized spacial score (nSPS) is 18.1. The van der Waals surface area contributed by atoms with Crippen LogP contribution in [0.1, 0.15) is 18.6 Å². The summed E-state index contributed by atoms with van der Waals surface area (Å²) >= 11 is 3.47. The molecule has 1 heterocycles. The van der Waals surface area contributed by atoms with Gasteiger partial charge in [-0.1, -0.05) is 28.1 Å². The van der Waals surface area contributed by atoms with Crippen molar-refractivity contribution in [1.82, 2.24) is 4.90 Å². The van der Waals surface area contributed by atoms with Gasteiger partial charge in [0.25, 0.3) is 5.69 Å². The zero-order valence-electron chi connectivity index (χ0n) is 16.1. The van der Waals surface area contributed by atoms with E-state index in [1.54, 1.807) is 0 Å². The van der Waals surface area contributed by atoms with Gasteiger partial charge in [0.05, 0.1) is 36.5 Å². The summed E-state index contributed by atoms with van der Waals surface area (Å²) in [6, 6.07) is 11.6. The topological polar surface area (TPSA) is 93.9 Å². The average molecular weight is 464 g/mol. The van der Waals surface area contributed by atoms with Crippen molar-refractivity contribution in [1.29, 1.82) is 0 Å². The molecule has 2 aromatic rings. The molecule has 3 rings (SSSR count). The maximum absolute atomic E-state index is 12.8. The van der Waals surface area contributed by atoms with E-state index in [2.05, 4.69) is 21.2 Å². The van der Waals surface area contributed by atoms with Gasteiger partial charge in [0.15, 0.2) is 0 Å². The van der Waals surface area contributed by atoms with Gasteiger partial charge in [-0.3, -0.25) is 19.8 Å². The van der Waals surface area contributed by atoms with Crippen molar-refractivity contribution in [3.63, 3.8) is 0 Å². The third-order valence-electron chi connectivity index (χ3n) is 4.90. The predicted molar refractivity (Wildman–Crippen MR) is 112 cm³/mol. The van der Waals surface area contributed by atoms with E-state index in [1.807, 2.05) is 36.1 Å². The number of nitro groups is 1. The Hall–Kier alpha value is -2.49. The minimum atomic E-state index is -0.511. The van der Waals surface area contributed by atoms with Crippen LogP contribution in [0.15, 0.2) is 46.9 Å². The van der Waals surface area contributed by atoms with Crippen LogP contribution < -0.4 is 10.1 Å². The smallest absolute Gasteiger partial charge is 0.271 e. The number of non-ortho nitro benzene ring substituents is 1. The third kappa shape index (κ3) is 5.11. The number of carbonyl (C=O) groups excluding carboxylic acids is 1. The quantitative estimate of drug-likeness (QED) is 0.517. The Morgan fingerprint density at radius 1 is 1.38 bits per heavy atom. The number of amides is 1. The molecule has 1 saturated heterocycles. The summed E-state index contributed by atoms with van der Waals surface area (Å²) < 4.78 is 12.1. The van der Waals surface area contributed by atoms with Crippen molar-refractivity contribution in [2.24, 2.45) is 0 Å². The molecular weight excluding hydrogens is 442 g/mol. The first-order valence-corrected chi connectivity index (χ1v) is 9.92. The van der Waals surface area contributed by atoms with Crippen LogP contribution in [0.4, 0.5) is 11.4 Å². The van der Waals surface area contributed by atoms with Gasteiger partial charge < -0.3 is 14.8 Å². The number of morpholine rings is 1. The summed E-state index contributed by atoms with van der Waals surface area (Å²) in [6.07, 6.45) is -0.135. The monoisotopic (exact) mass is 463 g/mol. The Balaban J connectivity index is 1.71. The molecule has 0 aliphatic carbocycles. The van der Waals surface area contributed by atoms with Gasteiger partial charge in [-0.15, -0.1) is 0 Å². The number of halogens is 1. The lowest BCUT2D eigenvalue weighted by molar-refractivity contribution is -0.384. The van der Waals surface area contributed by atoms with E-state index in [4.69, 9.17) is 9.47 Å². The largest absolute Gasteiger partial charge is 0.495 e. The second-order valence-corrected chi connectivity index (χ2v) is 7.63. The number of nitrogens with one attached hydrogen (secondary N) is 1. The van der Waals surface area contributed by atoms with E-state index in [1.165, 1.54) is 25.3 Å². The van der Waals surface area contributed by atoms with E-state index < -0.39 is 11.0 Å². The zero-order valence-corrected chi connectivity index (χ0v) is 17.7. The highest BCUT2D eigenvalue weighted by Crippen LogP contribution is 2.30. The van der Waals surface area contributed by atoms with Gasteiger partial charge in [-0.2, -0.15) is 0 Å². The summed E-state index contributed by atoms with van der Waals surface area (Å²) in [5, 5.41) is 13.8. The molecule has 0 spiro atoms. The second-order valence-electron chi connectivity index (χ2n) is 6.72. The van der Waals surface area contributed by atoms with Crippen molar-refractivity contribution >= 4 is 33.2 Å². The molecular formula is C20H22BrN3O5. The van der Waals surface area contributed by atoms with Crippen LogP contribution in [0, 0.1) is 10.1 Å². The van der Waals surface area contributed by atoms with Crippen LogP contribution in [-0.4, -0.2) is 48.6 Å². The Morgan fingerprint density at radius 2 is 2.17 bits per heavy atom. The first-order valence-electron chi connectivity index (χ1n) is 9.13. The lowest BCUT2D eigenvalue weighted by Crippen LogP contribution is -2.48. The van der Waals surface area contributed by atoms with E-state index >= 15 is 0 Å². The summed E-state index contributed by atoms with van der Waals surface area (Å²) in [5.74, 6) is 0.101. The number of methoxy groups -OCH3 is 1. The number of benzene rings is 2. The maximum atomic E-state index is 12.8. The highest BCUT2D eigenvalue weighted by atomic mass is 79.9. The molecule has 0 saturated carbocycles. The fraction of sp³-hybridized carbons (Fsp3) is 0.350. The van der Waals surface area contributed by atoms with E-state index in [0.717, 1.165) is 10.0 Å². The van der Waals surface area contributed by atoms with Crippen molar-refractivity contribution in [3.05, 3.63) is 62.6 Å². The second kappa shape index (κ2) is 9.34. The van der Waals surface area contributed by atoms with E-state index in [9.17, 15) is 14.9 Å². The van der Waals surface area contributed by atoms with Crippen LogP contribution in [0.5, 0.6) is 5.75 Å². The molecule has 154 valence electrons. The zero-order chi connectivity index (χ0) is 21.0. The molecule has 0 aromatic heterocycles. The Morgan fingerprint density at radius 3 is 2.86 bits per heavy atom. The Kier molecular flexibility index (Phi) is 6.83. The lowest BCUT2D eigenvalue weighted by Gasteiger charge is -2.36. The molecule has 1 amide bonds. The average Bonchev–Trinajstić information content (AvgIpc) is 2.73. The fourth-order valence-corrected chi connectivity index (χ4v) is 3.66. The minimum absolute atomic E-state index is 0.116. The van der Waals surface area contributed by atoms with Gasteiger partial charge in [0.2, 0.25) is 5.91 Å². The van der Waals surface area contributed by atoms with Crippen molar-refractivity contribution < 1.29 is 19.2 Å². The third-order valence-corrected chi connectivity index (χ3v) is 5.39. The number of hydrogen-bond acceptors (Lipinski definition) is 6. The van der Waals surface area contributed by atoms with Crippen LogP contribution in [-0.2, 0) is 9.53 Å². The SMILES string of the molecule is COc1ccc([N+](=O)[O-])cc1NC(=O)C(C)N1CCOC(c2cccc(Br)c2)C1. The number of nitrogens with zero attached hydrogens (tertiary/aromatic N) is 2. The van der Waals surface area contributed by atoms with Gasteiger partial charge >= 0.3 is 0 Å². The number of nitro benzene ring substituents is 1. The van der Waals surface area contributed by atoms with Crippen molar-refractivity contribution in [2.75, 3.05) is 32.1 Å². The highest BCUT2D eigenvalue weighted by Gasteiger charge is 2.29. The summed E-state index contributed by atoms with van der Waals surface area (Å²) in [6.45, 7) is 3.50. The van der Waals surface area contributed by atoms with Crippen LogP contribution in [0.3, 0.4) is 0 Å². The van der Waals surface area contributed by atoms with Crippen LogP contribution >= 0.6 is 15.9 Å². The van der Waals surface area contributed by atoms with Crippen molar-refractivity contribution in [2.45, 2.75) is 19.1 Å². The van der Waals surface area contributed by atoms with E-state index in [0.29, 0.717) is 25.4 Å². The van der Waals surface area contributed by atoms with Crippen LogP contribution in [0.2, 0.25) is 0 Å². The first kappa shape index (κ1) is 21.2. The molecule has 2 aromatic carbocycles. The molecule has 0 bridgehead atoms. The molecule has 9 heteroatoms. The number of ether oxygens (including phenoxy) is 2. The maximum Gasteiger partial charge on any atom is 0.271 e. The molecule has 1 N–H and O–H groups in total. The molecule has 1 aliphatic rings. The summed E-state index contributed by atoms with van der Waals surface area (Å²) in [5.41, 5.74) is 1.20. The number of rotatable bonds is 6. The van der Waals surface area contributed by atoms with Crippen LogP contribution in [0.25, 0.3) is 0 Å². The summed E-state index contributed by atoms with van der Waals surface area (Å²) in [4.78, 5) is 25.4. The molecule has 2 atom stereocenters. The number of carbonyl (C=O) groups is 1. The minimum Gasteiger partial charge on any atom is -0.495 e. The van der Waals surface area contributed by atoms with Gasteiger partial charge in [0, 0.05) is 29.7 Å². The predicted octanol–water partition coefficient (Wildman–Crippen LogP) is 3.77. The van der Waals surface area contributed by atoms with Gasteiger partial charge in [-0.05, 0) is 30.7 Å². The standard InChI is InChI=1S/C20H22BrN3O5/c1-13(20(25)22-17-11-16(24(26)27)6-7-18(17)28-2)23-8-9-29-19(12-23)14-4-3-5-15(21)10-14/h3-7,10-11,13,19H,8-9,12H2,1-2H3,(H,22,25). The molecule has 2 unspecified atom stereocenters.